The summed E-state index contributed by atoms with van der Waals surface area (Å²) in [5, 5.41) is 9.74. The van der Waals surface area contributed by atoms with Crippen molar-refractivity contribution in [1.29, 1.82) is 0 Å². The molecule has 1 N–H and O–H groups in total. The molecule has 0 spiro atoms. The van der Waals surface area contributed by atoms with Crippen LogP contribution in [0.1, 0.15) is 42.5 Å². The summed E-state index contributed by atoms with van der Waals surface area (Å²) in [5.41, 5.74) is 0.263. The second-order valence-electron chi connectivity index (χ2n) is 7.01. The lowest BCUT2D eigenvalue weighted by Crippen LogP contribution is -2.61. The molecule has 0 bridgehead atoms. The van der Waals surface area contributed by atoms with Gasteiger partial charge in [0.25, 0.3) is 0 Å². The van der Waals surface area contributed by atoms with Gasteiger partial charge in [0.15, 0.2) is 0 Å². The standard InChI is InChI=1S/C18H25NO3/c1-19-11-5-4-9-16(19)14(7-6-12-19)13-22-18(21)15-8-2-3-10-17(15)20/h2-3,8,10,14,16H,4-7,9,11-13H2,1H3/p+1/t14-,16+,19+/m0/s1. The summed E-state index contributed by atoms with van der Waals surface area (Å²) in [7, 11) is 2.36. The van der Waals surface area contributed by atoms with Gasteiger partial charge >= 0.3 is 5.97 Å². The summed E-state index contributed by atoms with van der Waals surface area (Å²) in [4.78, 5) is 12.2. The Kier molecular flexibility index (Phi) is 4.39. The Morgan fingerprint density at radius 1 is 1.23 bits per heavy atom. The minimum absolute atomic E-state index is 0.00516. The minimum atomic E-state index is -0.409. The Morgan fingerprint density at radius 3 is 2.82 bits per heavy atom. The maximum absolute atomic E-state index is 12.2. The largest absolute Gasteiger partial charge is 0.507 e. The third-order valence-electron chi connectivity index (χ3n) is 5.56. The van der Waals surface area contributed by atoms with Crippen molar-refractivity contribution >= 4 is 5.97 Å². The van der Waals surface area contributed by atoms with E-state index in [-0.39, 0.29) is 11.3 Å². The number of carbonyl (C=O) groups excluding carboxylic acids is 1. The molecule has 2 saturated heterocycles. The van der Waals surface area contributed by atoms with Gasteiger partial charge in [0, 0.05) is 12.3 Å². The number of para-hydroxylation sites is 1. The summed E-state index contributed by atoms with van der Waals surface area (Å²) < 4.78 is 6.69. The Hall–Kier alpha value is -1.55. The maximum atomic E-state index is 12.2. The topological polar surface area (TPSA) is 46.5 Å². The number of hydrogen-bond acceptors (Lipinski definition) is 3. The number of aromatic hydroxyl groups is 1. The highest BCUT2D eigenvalue weighted by molar-refractivity contribution is 5.92. The van der Waals surface area contributed by atoms with Crippen LogP contribution in [-0.2, 0) is 4.74 Å². The van der Waals surface area contributed by atoms with Crippen LogP contribution in [0, 0.1) is 5.92 Å². The molecule has 1 aromatic rings. The van der Waals surface area contributed by atoms with Gasteiger partial charge in [-0.1, -0.05) is 12.1 Å². The van der Waals surface area contributed by atoms with E-state index in [0.717, 1.165) is 10.9 Å². The number of carbonyl (C=O) groups is 1. The maximum Gasteiger partial charge on any atom is 0.341 e. The van der Waals surface area contributed by atoms with E-state index < -0.39 is 5.97 Å². The number of fused-ring (bicyclic) bond motifs is 1. The van der Waals surface area contributed by atoms with Crippen molar-refractivity contribution in [3.05, 3.63) is 29.8 Å². The molecule has 0 radical (unpaired) electrons. The van der Waals surface area contributed by atoms with Gasteiger partial charge in [0.05, 0.1) is 26.2 Å². The highest BCUT2D eigenvalue weighted by atomic mass is 16.5. The molecule has 4 nitrogen and oxygen atoms in total. The van der Waals surface area contributed by atoms with Gasteiger partial charge in [-0.05, 0) is 37.8 Å². The number of phenols is 1. The Bertz CT molecular complexity index is 541. The predicted molar refractivity (Wildman–Crippen MR) is 84.7 cm³/mol. The molecule has 1 aromatic carbocycles. The second kappa shape index (κ2) is 6.29. The fourth-order valence-corrected chi connectivity index (χ4v) is 4.33. The fourth-order valence-electron chi connectivity index (χ4n) is 4.33. The van der Waals surface area contributed by atoms with E-state index in [0.29, 0.717) is 18.6 Å². The van der Waals surface area contributed by atoms with E-state index in [1.165, 1.54) is 44.8 Å². The number of ether oxygens (including phenoxy) is 1. The van der Waals surface area contributed by atoms with E-state index in [1.54, 1.807) is 18.2 Å². The van der Waals surface area contributed by atoms with Crippen molar-refractivity contribution < 1.29 is 19.1 Å². The monoisotopic (exact) mass is 304 g/mol. The molecule has 0 unspecified atom stereocenters. The summed E-state index contributed by atoms with van der Waals surface area (Å²) in [5.74, 6) is 0.0389. The highest BCUT2D eigenvalue weighted by Crippen LogP contribution is 2.36. The fraction of sp³-hybridized carbons (Fsp3) is 0.611. The number of esters is 1. The van der Waals surface area contributed by atoms with E-state index in [9.17, 15) is 9.90 Å². The lowest BCUT2D eigenvalue weighted by molar-refractivity contribution is -0.947. The molecule has 4 heteroatoms. The predicted octanol–water partition coefficient (Wildman–Crippen LogP) is 2.96. The van der Waals surface area contributed by atoms with Crippen LogP contribution in [0.3, 0.4) is 0 Å². The number of piperidine rings is 2. The molecule has 2 aliphatic rings. The molecule has 3 atom stereocenters. The molecule has 3 rings (SSSR count). The highest BCUT2D eigenvalue weighted by Gasteiger charge is 2.43. The molecular weight excluding hydrogens is 278 g/mol. The van der Waals surface area contributed by atoms with Gasteiger partial charge in [-0.15, -0.1) is 0 Å². The zero-order valence-electron chi connectivity index (χ0n) is 13.3. The van der Waals surface area contributed by atoms with E-state index >= 15 is 0 Å². The van der Waals surface area contributed by atoms with Gasteiger partial charge in [-0.3, -0.25) is 0 Å². The first kappa shape index (κ1) is 15.3. The summed E-state index contributed by atoms with van der Waals surface area (Å²) in [6.07, 6.45) is 6.22. The van der Waals surface area contributed by atoms with Gasteiger partial charge < -0.3 is 14.3 Å². The third-order valence-corrected chi connectivity index (χ3v) is 5.56. The first-order valence-corrected chi connectivity index (χ1v) is 8.39. The van der Waals surface area contributed by atoms with Crippen molar-refractivity contribution in [2.75, 3.05) is 26.7 Å². The number of benzene rings is 1. The number of phenolic OH excluding ortho intramolecular Hbond substituents is 1. The Labute approximate surface area is 132 Å². The molecule has 0 aromatic heterocycles. The van der Waals surface area contributed by atoms with Crippen LogP contribution in [0.5, 0.6) is 5.75 Å². The van der Waals surface area contributed by atoms with Crippen LogP contribution in [0.25, 0.3) is 0 Å². The van der Waals surface area contributed by atoms with E-state index in [1.807, 2.05) is 0 Å². The number of quaternary nitrogens is 1. The van der Waals surface area contributed by atoms with Gasteiger partial charge in [0.1, 0.15) is 17.9 Å². The van der Waals surface area contributed by atoms with Crippen molar-refractivity contribution in [1.82, 2.24) is 0 Å². The smallest absolute Gasteiger partial charge is 0.341 e. The molecule has 22 heavy (non-hydrogen) atoms. The molecular formula is C18H26NO3+. The van der Waals surface area contributed by atoms with Crippen LogP contribution in [0.4, 0.5) is 0 Å². The summed E-state index contributed by atoms with van der Waals surface area (Å²) in [6, 6.07) is 7.20. The van der Waals surface area contributed by atoms with E-state index in [2.05, 4.69) is 7.05 Å². The Morgan fingerprint density at radius 2 is 2.00 bits per heavy atom. The van der Waals surface area contributed by atoms with Crippen LogP contribution < -0.4 is 0 Å². The second-order valence-corrected chi connectivity index (χ2v) is 7.01. The quantitative estimate of drug-likeness (QED) is 0.690. The lowest BCUT2D eigenvalue weighted by atomic mass is 9.82. The van der Waals surface area contributed by atoms with Gasteiger partial charge in [-0.25, -0.2) is 4.79 Å². The third kappa shape index (κ3) is 2.98. The molecule has 0 amide bonds. The average Bonchev–Trinajstić information content (AvgIpc) is 2.52. The molecule has 2 heterocycles. The van der Waals surface area contributed by atoms with Crippen molar-refractivity contribution in [2.24, 2.45) is 5.92 Å². The number of rotatable bonds is 3. The Balaban J connectivity index is 1.63. The molecule has 120 valence electrons. The van der Waals surface area contributed by atoms with Crippen LogP contribution in [0.15, 0.2) is 24.3 Å². The molecule has 0 aliphatic carbocycles. The van der Waals surface area contributed by atoms with Crippen LogP contribution >= 0.6 is 0 Å². The lowest BCUT2D eigenvalue weighted by Gasteiger charge is -2.51. The SMILES string of the molecule is C[N@+]12CCCC[C@@H]1[C@H](COC(=O)c1ccccc1O)CCC2. The molecule has 2 aliphatic heterocycles. The zero-order chi connectivity index (χ0) is 15.6. The average molecular weight is 304 g/mol. The van der Waals surface area contributed by atoms with E-state index in [4.69, 9.17) is 4.74 Å². The van der Waals surface area contributed by atoms with Crippen LogP contribution in [0.2, 0.25) is 0 Å². The summed E-state index contributed by atoms with van der Waals surface area (Å²) in [6.45, 7) is 2.99. The number of hydrogen-bond donors (Lipinski definition) is 1. The molecule has 0 saturated carbocycles. The normalized spacial score (nSPS) is 31.3. The van der Waals surface area contributed by atoms with Crippen molar-refractivity contribution in [3.63, 3.8) is 0 Å². The number of nitrogens with zero attached hydrogens (tertiary/aromatic N) is 1. The van der Waals surface area contributed by atoms with Crippen LogP contribution in [-0.4, -0.2) is 48.3 Å². The first-order valence-electron chi connectivity index (χ1n) is 8.39. The first-order chi connectivity index (χ1) is 10.6. The van der Waals surface area contributed by atoms with Crippen molar-refractivity contribution in [3.8, 4) is 5.75 Å². The zero-order valence-corrected chi connectivity index (χ0v) is 13.3. The molecule has 2 fully saturated rings. The van der Waals surface area contributed by atoms with Gasteiger partial charge in [0.2, 0.25) is 0 Å². The van der Waals surface area contributed by atoms with Gasteiger partial charge in [-0.2, -0.15) is 0 Å². The minimum Gasteiger partial charge on any atom is -0.507 e. The van der Waals surface area contributed by atoms with Crippen molar-refractivity contribution in [2.45, 2.75) is 38.1 Å². The summed E-state index contributed by atoms with van der Waals surface area (Å²) >= 11 is 0.